The minimum absolute atomic E-state index is 0.0210. The molecule has 1 fully saturated rings. The number of rotatable bonds is 8. The average molecular weight is 552 g/mol. The van der Waals surface area contributed by atoms with Crippen molar-refractivity contribution in [2.45, 2.75) is 58.1 Å². The molecule has 39 heavy (non-hydrogen) atoms. The van der Waals surface area contributed by atoms with Gasteiger partial charge in [0.05, 0.1) is 25.5 Å². The summed E-state index contributed by atoms with van der Waals surface area (Å²) in [5.41, 5.74) is 1.53. The molecular formula is C30H37N3O5S. The van der Waals surface area contributed by atoms with Gasteiger partial charge in [0, 0.05) is 46.5 Å². The van der Waals surface area contributed by atoms with E-state index in [-0.39, 0.29) is 41.9 Å². The Bertz CT molecular complexity index is 1350. The van der Waals surface area contributed by atoms with E-state index in [0.717, 1.165) is 34.0 Å². The van der Waals surface area contributed by atoms with Gasteiger partial charge in [0.25, 0.3) is 0 Å². The molecule has 0 radical (unpaired) electrons. The molecule has 5 unspecified atom stereocenters. The Morgan fingerprint density at radius 2 is 2.00 bits per heavy atom. The van der Waals surface area contributed by atoms with Crippen LogP contribution in [-0.4, -0.2) is 46.0 Å². The number of carbonyl (C=O) groups is 1. The molecule has 0 bridgehead atoms. The maximum Gasteiger partial charge on any atom is 0.220 e. The normalized spacial score (nSPS) is 27.8. The summed E-state index contributed by atoms with van der Waals surface area (Å²) >= 11 is 1.53. The van der Waals surface area contributed by atoms with Crippen molar-refractivity contribution in [1.29, 1.82) is 0 Å². The van der Waals surface area contributed by atoms with Crippen LogP contribution in [0.3, 0.4) is 0 Å². The number of phenolic OH excluding ortho intramolecular Hbond substituents is 1. The van der Waals surface area contributed by atoms with E-state index in [4.69, 9.17) is 9.72 Å². The van der Waals surface area contributed by atoms with E-state index < -0.39 is 11.5 Å². The number of aliphatic hydroxyl groups excluding tert-OH is 2. The summed E-state index contributed by atoms with van der Waals surface area (Å²) < 4.78 is 5.44. The number of aliphatic hydroxyl groups is 2. The molecule has 8 nitrogen and oxygen atoms in total. The molecule has 1 heterocycles. The van der Waals surface area contributed by atoms with Crippen LogP contribution in [0.4, 0.5) is 10.8 Å². The summed E-state index contributed by atoms with van der Waals surface area (Å²) in [4.78, 5) is 19.5. The van der Waals surface area contributed by atoms with Crippen LogP contribution >= 0.6 is 11.3 Å². The molecule has 9 heteroatoms. The van der Waals surface area contributed by atoms with Gasteiger partial charge in [-0.25, -0.2) is 4.98 Å². The number of fused-ring (bicyclic) bond motifs is 2. The molecule has 3 aromatic rings. The minimum Gasteiger partial charge on any atom is -0.508 e. The predicted molar refractivity (Wildman–Crippen MR) is 151 cm³/mol. The Labute approximate surface area is 233 Å². The summed E-state index contributed by atoms with van der Waals surface area (Å²) in [7, 11) is 1.62. The highest BCUT2D eigenvalue weighted by atomic mass is 32.1. The van der Waals surface area contributed by atoms with Crippen LogP contribution in [0.2, 0.25) is 0 Å². The number of nitrogens with one attached hydrogen (secondary N) is 2. The van der Waals surface area contributed by atoms with Crippen molar-refractivity contribution in [1.82, 2.24) is 10.3 Å². The number of amides is 1. The number of thiazole rings is 1. The number of carbonyl (C=O) groups excluding carboxylic acids is 1. The maximum absolute atomic E-state index is 13.4. The van der Waals surface area contributed by atoms with Gasteiger partial charge >= 0.3 is 0 Å². The Balaban J connectivity index is 1.46. The van der Waals surface area contributed by atoms with E-state index in [1.165, 1.54) is 11.3 Å². The van der Waals surface area contributed by atoms with Gasteiger partial charge in [-0.2, -0.15) is 0 Å². The van der Waals surface area contributed by atoms with Crippen LogP contribution in [0, 0.1) is 16.7 Å². The highest BCUT2D eigenvalue weighted by Gasteiger charge is 2.59. The zero-order valence-corrected chi connectivity index (χ0v) is 23.4. The molecule has 2 aromatic carbocycles. The number of benzene rings is 2. The third kappa shape index (κ3) is 5.11. The Kier molecular flexibility index (Phi) is 7.59. The smallest absolute Gasteiger partial charge is 0.220 e. The highest BCUT2D eigenvalue weighted by Crippen LogP contribution is 2.62. The van der Waals surface area contributed by atoms with Crippen LogP contribution in [-0.2, 0) is 17.8 Å². The lowest BCUT2D eigenvalue weighted by atomic mass is 9.47. The predicted octanol–water partition coefficient (Wildman–Crippen LogP) is 4.72. The molecule has 2 aliphatic rings. The van der Waals surface area contributed by atoms with Crippen molar-refractivity contribution in [3.8, 4) is 11.5 Å². The fourth-order valence-electron chi connectivity index (χ4n) is 6.71. The zero-order valence-electron chi connectivity index (χ0n) is 22.6. The topological polar surface area (TPSA) is 124 Å². The number of aromatic hydroxyl groups is 1. The van der Waals surface area contributed by atoms with E-state index >= 15 is 0 Å². The van der Waals surface area contributed by atoms with Gasteiger partial charge in [-0.3, -0.25) is 4.79 Å². The van der Waals surface area contributed by atoms with Crippen molar-refractivity contribution in [2.24, 2.45) is 16.7 Å². The molecule has 5 atom stereocenters. The largest absolute Gasteiger partial charge is 0.508 e. The molecule has 0 spiro atoms. The summed E-state index contributed by atoms with van der Waals surface area (Å²) in [6.07, 6.45) is 1.63. The van der Waals surface area contributed by atoms with Crippen molar-refractivity contribution in [3.05, 3.63) is 64.7 Å². The number of hydrogen-bond donors (Lipinski definition) is 5. The highest BCUT2D eigenvalue weighted by molar-refractivity contribution is 7.15. The lowest BCUT2D eigenvalue weighted by Gasteiger charge is -2.58. The van der Waals surface area contributed by atoms with E-state index in [9.17, 15) is 20.1 Å². The third-order valence-electron chi connectivity index (χ3n) is 9.05. The van der Waals surface area contributed by atoms with Crippen LogP contribution < -0.4 is 15.4 Å². The first-order valence-electron chi connectivity index (χ1n) is 13.4. The van der Waals surface area contributed by atoms with Gasteiger partial charge in [-0.05, 0) is 48.8 Å². The lowest BCUT2D eigenvalue weighted by Crippen LogP contribution is -2.57. The first-order valence-corrected chi connectivity index (χ1v) is 14.2. The van der Waals surface area contributed by atoms with Crippen LogP contribution in [0.15, 0.2) is 48.5 Å². The van der Waals surface area contributed by atoms with Crippen molar-refractivity contribution in [2.75, 3.05) is 19.0 Å². The van der Waals surface area contributed by atoms with Gasteiger partial charge in [-0.1, -0.05) is 38.1 Å². The standard InChI is InChI=1S/C30H37N3O5S/c1-29-12-11-25(36)30(2,17-34)24(29)15-23-27(33-28(39-23)32-19-8-6-9-20(35)13-19)21(29)14-26(37)31-16-18-7-4-5-10-22(18)38-3/h4-10,13,21,24-25,34-36H,11-12,14-17H2,1-3H3,(H,31,37)(H,32,33). The van der Waals surface area contributed by atoms with Crippen LogP contribution in [0.1, 0.15) is 55.2 Å². The second-order valence-electron chi connectivity index (χ2n) is 11.3. The molecule has 1 saturated carbocycles. The van der Waals surface area contributed by atoms with Crippen molar-refractivity contribution in [3.63, 3.8) is 0 Å². The van der Waals surface area contributed by atoms with Gasteiger partial charge in [0.15, 0.2) is 5.13 Å². The monoisotopic (exact) mass is 551 g/mol. The molecule has 1 aromatic heterocycles. The zero-order chi connectivity index (χ0) is 27.8. The SMILES string of the molecule is COc1ccccc1CNC(=O)CC1c2nc(Nc3cccc(O)c3)sc2CC2C(C)(CO)C(O)CCC12C. The first kappa shape index (κ1) is 27.4. The number of methoxy groups -OCH3 is 1. The molecule has 5 rings (SSSR count). The van der Waals surface area contributed by atoms with Crippen LogP contribution in [0.5, 0.6) is 11.5 Å². The molecule has 5 N–H and O–H groups in total. The van der Waals surface area contributed by atoms with Gasteiger partial charge < -0.3 is 30.7 Å². The summed E-state index contributed by atoms with van der Waals surface area (Å²) in [5.74, 6) is 0.612. The quantitative estimate of drug-likeness (QED) is 0.274. The number of phenols is 1. The van der Waals surface area contributed by atoms with E-state index in [2.05, 4.69) is 17.6 Å². The van der Waals surface area contributed by atoms with Gasteiger partial charge in [0.2, 0.25) is 5.91 Å². The second-order valence-corrected chi connectivity index (χ2v) is 12.4. The fourth-order valence-corrected chi connectivity index (χ4v) is 7.80. The molecule has 2 aliphatic carbocycles. The fraction of sp³-hybridized carbons (Fsp3) is 0.467. The van der Waals surface area contributed by atoms with E-state index in [1.807, 2.05) is 37.3 Å². The number of aromatic nitrogens is 1. The summed E-state index contributed by atoms with van der Waals surface area (Å²) in [6.45, 7) is 4.40. The van der Waals surface area contributed by atoms with Gasteiger partial charge in [-0.15, -0.1) is 11.3 Å². The molecule has 0 saturated heterocycles. The molecule has 1 amide bonds. The maximum atomic E-state index is 13.4. The Morgan fingerprint density at radius 1 is 1.21 bits per heavy atom. The Morgan fingerprint density at radius 3 is 2.74 bits per heavy atom. The first-order chi connectivity index (χ1) is 18.7. The van der Waals surface area contributed by atoms with E-state index in [1.54, 1.807) is 25.3 Å². The number of ether oxygens (including phenoxy) is 1. The van der Waals surface area contributed by atoms with Crippen LogP contribution in [0.25, 0.3) is 0 Å². The minimum atomic E-state index is -0.681. The third-order valence-corrected chi connectivity index (χ3v) is 10.1. The second kappa shape index (κ2) is 10.8. The van der Waals surface area contributed by atoms with Crippen molar-refractivity contribution < 1.29 is 24.9 Å². The number of hydrogen-bond acceptors (Lipinski definition) is 8. The number of nitrogens with zero attached hydrogens (tertiary/aromatic N) is 1. The Hall–Kier alpha value is -3.14. The van der Waals surface area contributed by atoms with Gasteiger partial charge in [0.1, 0.15) is 11.5 Å². The van der Waals surface area contributed by atoms with E-state index in [0.29, 0.717) is 24.5 Å². The summed E-state index contributed by atoms with van der Waals surface area (Å²) in [6, 6.07) is 14.5. The average Bonchev–Trinajstić information content (AvgIpc) is 3.33. The van der Waals surface area contributed by atoms with Crippen molar-refractivity contribution >= 4 is 28.1 Å². The summed E-state index contributed by atoms with van der Waals surface area (Å²) in [5, 5.41) is 38.4. The molecular weight excluding hydrogens is 514 g/mol. The number of anilines is 2. The lowest BCUT2D eigenvalue weighted by molar-refractivity contribution is -0.144. The number of para-hydroxylation sites is 1. The molecule has 0 aliphatic heterocycles. The molecule has 208 valence electrons.